The van der Waals surface area contributed by atoms with Crippen LogP contribution in [0.4, 0.5) is 14.5 Å². The van der Waals surface area contributed by atoms with Gasteiger partial charge >= 0.3 is 5.97 Å². The Morgan fingerprint density at radius 2 is 1.52 bits per heavy atom. The number of hydrogen-bond donors (Lipinski definition) is 1. The van der Waals surface area contributed by atoms with Crippen molar-refractivity contribution in [2.45, 2.75) is 0 Å². The van der Waals surface area contributed by atoms with E-state index in [1.807, 2.05) is 0 Å². The molecule has 0 spiro atoms. The first-order chi connectivity index (χ1) is 15.0. The number of fused-ring (bicyclic) bond motifs is 1. The molecule has 1 amide bonds. The molecule has 31 heavy (non-hydrogen) atoms. The first-order valence-electron chi connectivity index (χ1n) is 9.38. The Balaban J connectivity index is 1.55. The Bertz CT molecular complexity index is 1260. The first-order valence-corrected chi connectivity index (χ1v) is 9.38. The third-order valence-electron chi connectivity index (χ3n) is 4.54. The molecule has 154 valence electrons. The molecule has 0 aliphatic rings. The second-order valence-corrected chi connectivity index (χ2v) is 6.71. The van der Waals surface area contributed by atoms with Gasteiger partial charge in [0.1, 0.15) is 11.6 Å². The normalized spacial score (nSPS) is 10.6. The molecule has 0 aliphatic heterocycles. The van der Waals surface area contributed by atoms with E-state index < -0.39 is 24.3 Å². The van der Waals surface area contributed by atoms with E-state index in [9.17, 15) is 18.4 Å². The Hall–Kier alpha value is -4.13. The zero-order chi connectivity index (χ0) is 21.8. The summed E-state index contributed by atoms with van der Waals surface area (Å²) in [6, 6.07) is 19.6. The van der Waals surface area contributed by atoms with Gasteiger partial charge in [0.2, 0.25) is 0 Å². The molecule has 0 aliphatic carbocycles. The van der Waals surface area contributed by atoms with Crippen molar-refractivity contribution in [1.82, 2.24) is 4.98 Å². The highest BCUT2D eigenvalue weighted by Gasteiger charge is 2.16. The summed E-state index contributed by atoms with van der Waals surface area (Å²) in [5.41, 5.74) is 2.29. The van der Waals surface area contributed by atoms with Gasteiger partial charge in [0.25, 0.3) is 5.91 Å². The van der Waals surface area contributed by atoms with Gasteiger partial charge in [-0.25, -0.2) is 18.6 Å². The van der Waals surface area contributed by atoms with Crippen molar-refractivity contribution < 1.29 is 23.1 Å². The molecule has 4 aromatic rings. The van der Waals surface area contributed by atoms with Crippen LogP contribution in [0.1, 0.15) is 10.4 Å². The molecule has 1 N–H and O–H groups in total. The van der Waals surface area contributed by atoms with Crippen LogP contribution in [0.25, 0.3) is 22.2 Å². The molecule has 0 saturated heterocycles. The second-order valence-electron chi connectivity index (χ2n) is 6.71. The molecule has 5 nitrogen and oxygen atoms in total. The number of nitrogens with zero attached hydrogens (tertiary/aromatic N) is 1. The summed E-state index contributed by atoms with van der Waals surface area (Å²) in [6.07, 6.45) is 0. The monoisotopic (exact) mass is 418 g/mol. The van der Waals surface area contributed by atoms with Crippen LogP contribution in [0.2, 0.25) is 0 Å². The van der Waals surface area contributed by atoms with Crippen LogP contribution in [0, 0.1) is 11.6 Å². The van der Waals surface area contributed by atoms with Gasteiger partial charge in [-0.05, 0) is 60.7 Å². The van der Waals surface area contributed by atoms with Gasteiger partial charge in [-0.15, -0.1) is 0 Å². The van der Waals surface area contributed by atoms with Crippen molar-refractivity contribution in [2.75, 3.05) is 11.9 Å². The molecule has 0 fully saturated rings. The number of halogens is 2. The van der Waals surface area contributed by atoms with E-state index in [4.69, 9.17) is 4.74 Å². The number of ether oxygens (including phenoxy) is 1. The van der Waals surface area contributed by atoms with Crippen molar-refractivity contribution >= 4 is 28.5 Å². The average Bonchev–Trinajstić information content (AvgIpc) is 2.79. The number of aromatic nitrogens is 1. The van der Waals surface area contributed by atoms with Crippen LogP contribution in [-0.4, -0.2) is 23.5 Å². The number of esters is 1. The number of benzene rings is 3. The third-order valence-corrected chi connectivity index (χ3v) is 4.54. The molecule has 4 rings (SSSR count). The Kier molecular flexibility index (Phi) is 5.66. The number of amides is 1. The summed E-state index contributed by atoms with van der Waals surface area (Å²) >= 11 is 0. The first kappa shape index (κ1) is 20.2. The standard InChI is InChI=1S/C24H16F2N2O3/c25-16-7-5-15(6-8-16)22-13-20(19-3-1-2-4-21(19)28-22)24(30)31-14-23(29)27-18-11-9-17(26)10-12-18/h1-13H,14H2,(H,27,29). The number of anilines is 1. The summed E-state index contributed by atoms with van der Waals surface area (Å²) < 4.78 is 31.4. The highest BCUT2D eigenvalue weighted by Crippen LogP contribution is 2.25. The zero-order valence-electron chi connectivity index (χ0n) is 16.1. The predicted molar refractivity (Wildman–Crippen MR) is 112 cm³/mol. The summed E-state index contributed by atoms with van der Waals surface area (Å²) in [5.74, 6) is -2.06. The number of pyridine rings is 1. The quantitative estimate of drug-likeness (QED) is 0.465. The van der Waals surface area contributed by atoms with Gasteiger partial charge in [-0.2, -0.15) is 0 Å². The lowest BCUT2D eigenvalue weighted by Crippen LogP contribution is -2.21. The maximum Gasteiger partial charge on any atom is 0.339 e. The number of carbonyl (C=O) groups is 2. The molecule has 0 radical (unpaired) electrons. The predicted octanol–water partition coefficient (Wildman–Crippen LogP) is 4.98. The van der Waals surface area contributed by atoms with E-state index in [2.05, 4.69) is 10.3 Å². The van der Waals surface area contributed by atoms with Gasteiger partial charge in [0.05, 0.1) is 16.8 Å². The molecule has 1 aromatic heterocycles. The molecule has 0 unspecified atom stereocenters. The van der Waals surface area contributed by atoms with Crippen LogP contribution in [-0.2, 0) is 9.53 Å². The Morgan fingerprint density at radius 1 is 0.871 bits per heavy atom. The minimum atomic E-state index is -0.698. The lowest BCUT2D eigenvalue weighted by atomic mass is 10.0. The lowest BCUT2D eigenvalue weighted by molar-refractivity contribution is -0.119. The topological polar surface area (TPSA) is 68.3 Å². The summed E-state index contributed by atoms with van der Waals surface area (Å²) in [6.45, 7) is -0.515. The average molecular weight is 418 g/mol. The maximum absolute atomic E-state index is 13.3. The fourth-order valence-electron chi connectivity index (χ4n) is 3.05. The summed E-state index contributed by atoms with van der Waals surface area (Å²) in [5, 5.41) is 3.09. The van der Waals surface area contributed by atoms with Crippen LogP contribution in [0.3, 0.4) is 0 Å². The molecule has 3 aromatic carbocycles. The second kappa shape index (κ2) is 8.71. The third kappa shape index (κ3) is 4.72. The van der Waals surface area contributed by atoms with E-state index in [1.165, 1.54) is 36.4 Å². The van der Waals surface area contributed by atoms with E-state index in [1.54, 1.807) is 42.5 Å². The van der Waals surface area contributed by atoms with Gasteiger partial charge < -0.3 is 10.1 Å². The smallest absolute Gasteiger partial charge is 0.339 e. The molecule has 0 bridgehead atoms. The molecular formula is C24H16F2N2O3. The highest BCUT2D eigenvalue weighted by atomic mass is 19.1. The minimum Gasteiger partial charge on any atom is -0.452 e. The number of carbonyl (C=O) groups excluding carboxylic acids is 2. The fourth-order valence-corrected chi connectivity index (χ4v) is 3.05. The minimum absolute atomic E-state index is 0.236. The van der Waals surface area contributed by atoms with Crippen LogP contribution in [0.15, 0.2) is 78.9 Å². The molecule has 0 atom stereocenters. The highest BCUT2D eigenvalue weighted by molar-refractivity contribution is 6.05. The van der Waals surface area contributed by atoms with Crippen LogP contribution >= 0.6 is 0 Å². The van der Waals surface area contributed by atoms with Crippen LogP contribution in [0.5, 0.6) is 0 Å². The summed E-state index contributed by atoms with van der Waals surface area (Å²) in [4.78, 5) is 29.4. The van der Waals surface area contributed by atoms with E-state index in [0.717, 1.165) is 0 Å². The lowest BCUT2D eigenvalue weighted by Gasteiger charge is -2.10. The van der Waals surface area contributed by atoms with Gasteiger partial charge in [0.15, 0.2) is 6.61 Å². The van der Waals surface area contributed by atoms with E-state index in [-0.39, 0.29) is 11.4 Å². The van der Waals surface area contributed by atoms with E-state index >= 15 is 0 Å². The van der Waals surface area contributed by atoms with E-state index in [0.29, 0.717) is 27.8 Å². The van der Waals surface area contributed by atoms with Crippen molar-refractivity contribution in [3.05, 3.63) is 96.1 Å². The molecule has 0 saturated carbocycles. The van der Waals surface area contributed by atoms with Gasteiger partial charge in [-0.1, -0.05) is 18.2 Å². The molecular weight excluding hydrogens is 402 g/mol. The van der Waals surface area contributed by atoms with Crippen LogP contribution < -0.4 is 5.32 Å². The van der Waals surface area contributed by atoms with Gasteiger partial charge in [0, 0.05) is 16.6 Å². The number of para-hydroxylation sites is 1. The van der Waals surface area contributed by atoms with Crippen molar-refractivity contribution in [1.29, 1.82) is 0 Å². The number of hydrogen-bond acceptors (Lipinski definition) is 4. The maximum atomic E-state index is 13.3. The SMILES string of the molecule is O=C(COC(=O)c1cc(-c2ccc(F)cc2)nc2ccccc12)Nc1ccc(F)cc1. The number of rotatable bonds is 5. The van der Waals surface area contributed by atoms with Crippen molar-refractivity contribution in [3.63, 3.8) is 0 Å². The molecule has 1 heterocycles. The Morgan fingerprint density at radius 3 is 2.23 bits per heavy atom. The van der Waals surface area contributed by atoms with Gasteiger partial charge in [-0.3, -0.25) is 4.79 Å². The molecule has 7 heteroatoms. The number of nitrogens with one attached hydrogen (secondary N) is 1. The fraction of sp³-hybridized carbons (Fsp3) is 0.0417. The van der Waals surface area contributed by atoms with Crippen molar-refractivity contribution in [3.8, 4) is 11.3 Å². The Labute approximate surface area is 176 Å². The summed E-state index contributed by atoms with van der Waals surface area (Å²) in [7, 11) is 0. The van der Waals surface area contributed by atoms with Crippen molar-refractivity contribution in [2.24, 2.45) is 0 Å². The largest absolute Gasteiger partial charge is 0.452 e. The zero-order valence-corrected chi connectivity index (χ0v) is 16.1.